The maximum absolute atomic E-state index is 11.6. The molecule has 1 unspecified atom stereocenters. The number of fused-ring (bicyclic) bond motifs is 1. The highest BCUT2D eigenvalue weighted by Gasteiger charge is 2.21. The van der Waals surface area contributed by atoms with Gasteiger partial charge in [0.15, 0.2) is 0 Å². The summed E-state index contributed by atoms with van der Waals surface area (Å²) < 4.78 is 2.14. The van der Waals surface area contributed by atoms with E-state index in [4.69, 9.17) is 0 Å². The Morgan fingerprint density at radius 3 is 2.76 bits per heavy atom. The van der Waals surface area contributed by atoms with Gasteiger partial charge in [-0.05, 0) is 48.6 Å². The quantitative estimate of drug-likeness (QED) is 0.788. The maximum atomic E-state index is 11.6. The number of carbonyl (C=O) groups excluding carboxylic acids is 1. The molecular formula is C21H21N3O. The van der Waals surface area contributed by atoms with Crippen LogP contribution in [0.3, 0.4) is 0 Å². The van der Waals surface area contributed by atoms with Crippen LogP contribution in [0.25, 0.3) is 0 Å². The number of hydrogen-bond acceptors (Lipinski definition) is 2. The third-order valence-corrected chi connectivity index (χ3v) is 4.88. The van der Waals surface area contributed by atoms with Crippen LogP contribution in [-0.4, -0.2) is 15.5 Å². The normalized spacial score (nSPS) is 14.7. The molecule has 126 valence electrons. The number of amides is 1. The lowest BCUT2D eigenvalue weighted by atomic mass is 9.91. The molecule has 0 saturated carbocycles. The molecule has 2 aromatic carbocycles. The molecule has 0 saturated heterocycles. The predicted molar refractivity (Wildman–Crippen MR) is 98.8 cm³/mol. The van der Waals surface area contributed by atoms with E-state index in [1.807, 2.05) is 24.8 Å². The lowest BCUT2D eigenvalue weighted by molar-refractivity contribution is -0.116. The maximum Gasteiger partial charge on any atom is 0.224 e. The highest BCUT2D eigenvalue weighted by atomic mass is 16.1. The summed E-state index contributed by atoms with van der Waals surface area (Å²) >= 11 is 0. The summed E-state index contributed by atoms with van der Waals surface area (Å²) in [7, 11) is 0. The monoisotopic (exact) mass is 331 g/mol. The first kappa shape index (κ1) is 15.6. The van der Waals surface area contributed by atoms with Crippen molar-refractivity contribution < 1.29 is 4.79 Å². The average Bonchev–Trinajstić information content (AvgIpc) is 3.11. The minimum Gasteiger partial charge on any atom is -0.326 e. The average molecular weight is 331 g/mol. The summed E-state index contributed by atoms with van der Waals surface area (Å²) in [6, 6.07) is 13.0. The standard InChI is InChI=1S/C21H21N3O/c1-14-3-6-18(15(2)11-14)21(24-10-9-22-13-24)17-4-7-19-16(12-17)5-8-20(25)23-19/h3-4,6-7,9-13,21H,5,8H2,1-2H3,(H,23,25). The lowest BCUT2D eigenvalue weighted by Gasteiger charge is -2.24. The number of anilines is 1. The molecule has 2 heterocycles. The Kier molecular flexibility index (Phi) is 3.88. The first-order valence-electron chi connectivity index (χ1n) is 8.59. The number of imidazole rings is 1. The molecular weight excluding hydrogens is 310 g/mol. The molecule has 4 nitrogen and oxygen atoms in total. The Balaban J connectivity index is 1.83. The number of benzene rings is 2. The van der Waals surface area contributed by atoms with Gasteiger partial charge in [-0.3, -0.25) is 4.79 Å². The molecule has 1 amide bonds. The Morgan fingerprint density at radius 2 is 2.00 bits per heavy atom. The molecule has 1 N–H and O–H groups in total. The first-order chi connectivity index (χ1) is 12.1. The summed E-state index contributed by atoms with van der Waals surface area (Å²) in [4.78, 5) is 15.9. The molecule has 0 radical (unpaired) electrons. The van der Waals surface area contributed by atoms with Gasteiger partial charge < -0.3 is 9.88 Å². The number of hydrogen-bond donors (Lipinski definition) is 1. The van der Waals surface area contributed by atoms with Crippen LogP contribution >= 0.6 is 0 Å². The van der Waals surface area contributed by atoms with E-state index in [2.05, 4.69) is 59.0 Å². The predicted octanol–water partition coefficient (Wildman–Crippen LogP) is 4.02. The molecule has 1 aromatic heterocycles. The van der Waals surface area contributed by atoms with E-state index in [1.54, 1.807) is 0 Å². The smallest absolute Gasteiger partial charge is 0.224 e. The summed E-state index contributed by atoms with van der Waals surface area (Å²) in [6.45, 7) is 4.27. The van der Waals surface area contributed by atoms with Gasteiger partial charge in [0.25, 0.3) is 0 Å². The Hall–Kier alpha value is -2.88. The molecule has 1 atom stereocenters. The summed E-state index contributed by atoms with van der Waals surface area (Å²) in [5, 5.41) is 2.96. The van der Waals surface area contributed by atoms with Crippen molar-refractivity contribution in [3.63, 3.8) is 0 Å². The molecule has 25 heavy (non-hydrogen) atoms. The van der Waals surface area contributed by atoms with Crippen molar-refractivity contribution in [1.29, 1.82) is 0 Å². The number of aryl methyl sites for hydroxylation is 3. The van der Waals surface area contributed by atoms with Crippen LogP contribution in [0.15, 0.2) is 55.1 Å². The second kappa shape index (κ2) is 6.20. The van der Waals surface area contributed by atoms with Crippen LogP contribution < -0.4 is 5.32 Å². The summed E-state index contributed by atoms with van der Waals surface area (Å²) in [5.74, 6) is 0.0980. The van der Waals surface area contributed by atoms with Gasteiger partial charge in [0, 0.05) is 24.5 Å². The van der Waals surface area contributed by atoms with Crippen molar-refractivity contribution in [2.75, 3.05) is 5.32 Å². The van der Waals surface area contributed by atoms with E-state index in [9.17, 15) is 4.79 Å². The van der Waals surface area contributed by atoms with Gasteiger partial charge >= 0.3 is 0 Å². The fourth-order valence-electron chi connectivity index (χ4n) is 3.64. The third kappa shape index (κ3) is 2.95. The van der Waals surface area contributed by atoms with Gasteiger partial charge in [-0.2, -0.15) is 0 Å². The topological polar surface area (TPSA) is 46.9 Å². The number of aromatic nitrogens is 2. The molecule has 3 aromatic rings. The largest absolute Gasteiger partial charge is 0.326 e. The summed E-state index contributed by atoms with van der Waals surface area (Å²) in [6.07, 6.45) is 7.03. The second-order valence-corrected chi connectivity index (χ2v) is 6.74. The van der Waals surface area contributed by atoms with Gasteiger partial charge in [0.2, 0.25) is 5.91 Å². The van der Waals surface area contributed by atoms with Gasteiger partial charge in [-0.1, -0.05) is 35.9 Å². The zero-order valence-corrected chi connectivity index (χ0v) is 14.5. The molecule has 0 bridgehead atoms. The zero-order chi connectivity index (χ0) is 17.4. The van der Waals surface area contributed by atoms with Crippen LogP contribution in [-0.2, 0) is 11.2 Å². The van der Waals surface area contributed by atoms with Gasteiger partial charge in [-0.15, -0.1) is 0 Å². The van der Waals surface area contributed by atoms with E-state index in [1.165, 1.54) is 27.8 Å². The number of nitrogens with one attached hydrogen (secondary N) is 1. The van der Waals surface area contributed by atoms with Crippen molar-refractivity contribution >= 4 is 11.6 Å². The SMILES string of the molecule is Cc1ccc(C(c2ccc3c(c2)CCC(=O)N3)n2ccnc2)c(C)c1. The van der Waals surface area contributed by atoms with E-state index in [0.717, 1.165) is 12.1 Å². The minimum absolute atomic E-state index is 0.0750. The van der Waals surface area contributed by atoms with Crippen molar-refractivity contribution in [2.24, 2.45) is 0 Å². The van der Waals surface area contributed by atoms with Crippen molar-refractivity contribution in [3.05, 3.63) is 82.9 Å². The lowest BCUT2D eigenvalue weighted by Crippen LogP contribution is -2.20. The van der Waals surface area contributed by atoms with E-state index >= 15 is 0 Å². The second-order valence-electron chi connectivity index (χ2n) is 6.74. The molecule has 1 aliphatic rings. The van der Waals surface area contributed by atoms with Crippen LogP contribution in [0.1, 0.15) is 40.3 Å². The van der Waals surface area contributed by atoms with Gasteiger partial charge in [0.1, 0.15) is 0 Å². The Morgan fingerprint density at radius 1 is 1.12 bits per heavy atom. The van der Waals surface area contributed by atoms with Crippen LogP contribution in [0.2, 0.25) is 0 Å². The molecule has 1 aliphatic heterocycles. The highest BCUT2D eigenvalue weighted by molar-refractivity contribution is 5.93. The van der Waals surface area contributed by atoms with E-state index in [0.29, 0.717) is 6.42 Å². The fraction of sp³-hybridized carbons (Fsp3) is 0.238. The minimum atomic E-state index is 0.0750. The van der Waals surface area contributed by atoms with E-state index < -0.39 is 0 Å². The third-order valence-electron chi connectivity index (χ3n) is 4.88. The van der Waals surface area contributed by atoms with Crippen molar-refractivity contribution in [1.82, 2.24) is 9.55 Å². The molecule has 0 aliphatic carbocycles. The number of rotatable bonds is 3. The molecule has 0 spiro atoms. The van der Waals surface area contributed by atoms with Gasteiger partial charge in [-0.25, -0.2) is 4.98 Å². The van der Waals surface area contributed by atoms with Crippen LogP contribution in [0.4, 0.5) is 5.69 Å². The Bertz CT molecular complexity index is 928. The van der Waals surface area contributed by atoms with Crippen LogP contribution in [0.5, 0.6) is 0 Å². The fourth-order valence-corrected chi connectivity index (χ4v) is 3.64. The number of carbonyl (C=O) groups is 1. The molecule has 4 rings (SSSR count). The van der Waals surface area contributed by atoms with Crippen molar-refractivity contribution in [2.45, 2.75) is 32.7 Å². The molecule has 4 heteroatoms. The first-order valence-corrected chi connectivity index (χ1v) is 8.59. The Labute approximate surface area is 147 Å². The molecule has 0 fully saturated rings. The highest BCUT2D eigenvalue weighted by Crippen LogP contribution is 2.33. The van der Waals surface area contributed by atoms with E-state index in [-0.39, 0.29) is 11.9 Å². The van der Waals surface area contributed by atoms with Crippen LogP contribution in [0, 0.1) is 13.8 Å². The zero-order valence-electron chi connectivity index (χ0n) is 14.5. The van der Waals surface area contributed by atoms with Gasteiger partial charge in [0.05, 0.1) is 12.4 Å². The summed E-state index contributed by atoms with van der Waals surface area (Å²) in [5.41, 5.74) is 7.14. The number of nitrogens with zero attached hydrogens (tertiary/aromatic N) is 2. The van der Waals surface area contributed by atoms with Crippen molar-refractivity contribution in [3.8, 4) is 0 Å².